The van der Waals surface area contributed by atoms with Crippen molar-refractivity contribution in [1.29, 1.82) is 0 Å². The number of Topliss-reactive ketones (excluding diaryl/α,β-unsaturated/α-hetero) is 1. The van der Waals surface area contributed by atoms with Crippen LogP contribution in [0, 0.1) is 5.41 Å². The smallest absolute Gasteiger partial charge is 0.338 e. The molecule has 0 aliphatic heterocycles. The van der Waals surface area contributed by atoms with Crippen LogP contribution in [0.3, 0.4) is 0 Å². The molecule has 0 atom stereocenters. The van der Waals surface area contributed by atoms with Gasteiger partial charge in [-0.1, -0.05) is 32.9 Å². The van der Waals surface area contributed by atoms with Gasteiger partial charge in [0.1, 0.15) is 11.5 Å². The van der Waals surface area contributed by atoms with E-state index in [4.69, 9.17) is 9.15 Å². The lowest BCUT2D eigenvalue weighted by Crippen LogP contribution is -2.22. The lowest BCUT2D eigenvalue weighted by atomic mass is 9.91. The number of hydrogen-bond donors (Lipinski definition) is 1. The summed E-state index contributed by atoms with van der Waals surface area (Å²) in [5.74, 6) is 0.699. The molecule has 3 rings (SSSR count). The van der Waals surface area contributed by atoms with Crippen LogP contribution in [0.4, 0.5) is 0 Å². The molecular weight excluding hydrogens is 402 g/mol. The predicted octanol–water partition coefficient (Wildman–Crippen LogP) is 3.10. The Bertz CT molecular complexity index is 1240. The molecule has 0 amide bonds. The van der Waals surface area contributed by atoms with E-state index in [1.54, 1.807) is 49.4 Å². The Balaban J connectivity index is 1.86. The number of aromatic nitrogens is 1. The summed E-state index contributed by atoms with van der Waals surface area (Å²) in [6.07, 6.45) is 3.10. The molecule has 0 aliphatic rings. The summed E-state index contributed by atoms with van der Waals surface area (Å²) in [7, 11) is 0. The van der Waals surface area contributed by atoms with E-state index in [0.717, 1.165) is 5.56 Å². The molecule has 3 aromatic rings. The van der Waals surface area contributed by atoms with Crippen LogP contribution in [0.25, 0.3) is 23.5 Å². The quantitative estimate of drug-likeness (QED) is 0.635. The lowest BCUT2D eigenvalue weighted by Gasteiger charge is -2.12. The molecule has 6 nitrogen and oxygen atoms in total. The summed E-state index contributed by atoms with van der Waals surface area (Å²) in [6.45, 7) is 7.57. The summed E-state index contributed by atoms with van der Waals surface area (Å²) in [5, 5.41) is 0. The number of aromatic amines is 1. The number of ketones is 1. The van der Waals surface area contributed by atoms with E-state index in [9.17, 15) is 14.4 Å². The van der Waals surface area contributed by atoms with Gasteiger partial charge in [-0.05, 0) is 31.2 Å². The number of carbonyl (C=O) groups is 2. The van der Waals surface area contributed by atoms with Crippen LogP contribution in [0.5, 0.6) is 0 Å². The van der Waals surface area contributed by atoms with Gasteiger partial charge in [-0.25, -0.2) is 4.79 Å². The van der Waals surface area contributed by atoms with Crippen LogP contribution < -0.4 is 14.8 Å². The summed E-state index contributed by atoms with van der Waals surface area (Å²) in [4.78, 5) is 38.8. The number of benzene rings is 1. The third-order valence-electron chi connectivity index (χ3n) is 4.26. The predicted molar refractivity (Wildman–Crippen MR) is 117 cm³/mol. The first-order valence-electron chi connectivity index (χ1n) is 9.52. The van der Waals surface area contributed by atoms with E-state index in [1.165, 1.54) is 17.4 Å². The molecule has 156 valence electrons. The highest BCUT2D eigenvalue weighted by Gasteiger charge is 2.18. The minimum absolute atomic E-state index is 0.0573. The number of rotatable bonds is 5. The Morgan fingerprint density at radius 3 is 2.47 bits per heavy atom. The lowest BCUT2D eigenvalue weighted by molar-refractivity contribution is -0.119. The molecule has 1 N–H and O–H groups in total. The van der Waals surface area contributed by atoms with E-state index in [0.29, 0.717) is 32.9 Å². The average Bonchev–Trinajstić information content (AvgIpc) is 3.28. The molecule has 30 heavy (non-hydrogen) atoms. The molecule has 0 unspecified atom stereocenters. The Morgan fingerprint density at radius 2 is 1.83 bits per heavy atom. The number of hydrogen-bond acceptors (Lipinski definition) is 6. The highest BCUT2D eigenvalue weighted by atomic mass is 32.1. The van der Waals surface area contributed by atoms with Gasteiger partial charge in [0.2, 0.25) is 0 Å². The molecule has 0 spiro atoms. The van der Waals surface area contributed by atoms with Crippen molar-refractivity contribution in [3.8, 4) is 11.3 Å². The molecule has 0 bridgehead atoms. The zero-order chi connectivity index (χ0) is 21.9. The molecule has 2 heterocycles. The Hall–Kier alpha value is -3.19. The molecule has 0 aliphatic carbocycles. The fraction of sp³-hybridized carbons (Fsp3) is 0.261. The second kappa shape index (κ2) is 8.67. The minimum atomic E-state index is -0.510. The van der Waals surface area contributed by atoms with E-state index in [2.05, 4.69) is 4.98 Å². The first-order chi connectivity index (χ1) is 14.2. The second-order valence-electron chi connectivity index (χ2n) is 7.69. The van der Waals surface area contributed by atoms with Gasteiger partial charge in [0.15, 0.2) is 5.78 Å². The van der Waals surface area contributed by atoms with Crippen LogP contribution >= 0.6 is 11.3 Å². The van der Waals surface area contributed by atoms with E-state index >= 15 is 0 Å². The van der Waals surface area contributed by atoms with Gasteiger partial charge in [0.25, 0.3) is 5.56 Å². The summed E-state index contributed by atoms with van der Waals surface area (Å²) in [5.41, 5.74) is 0.485. The minimum Gasteiger partial charge on any atom is -0.462 e. The number of nitrogens with one attached hydrogen (secondary N) is 1. The standard InChI is InChI=1S/C23H23NO5S/c1-5-28-22(27)15-8-6-14(7-9-15)17-11-10-16(29-17)12-18-21(26)24-20(30-18)13-19(25)23(2,3)4/h6-13H,5H2,1-4H3,(H,24,26). The number of furan rings is 1. The number of carbonyl (C=O) groups excluding carboxylic acids is 2. The molecular formula is C23H23NO5S. The second-order valence-corrected chi connectivity index (χ2v) is 8.77. The van der Waals surface area contributed by atoms with Crippen molar-refractivity contribution in [3.63, 3.8) is 0 Å². The van der Waals surface area contributed by atoms with Gasteiger partial charge in [0.05, 0.1) is 21.4 Å². The van der Waals surface area contributed by atoms with Gasteiger partial charge >= 0.3 is 5.97 Å². The van der Waals surface area contributed by atoms with E-state index < -0.39 is 5.41 Å². The van der Waals surface area contributed by atoms with Crippen LogP contribution in [-0.2, 0) is 9.53 Å². The van der Waals surface area contributed by atoms with Crippen LogP contribution in [0.1, 0.15) is 43.8 Å². The van der Waals surface area contributed by atoms with Crippen molar-refractivity contribution in [2.24, 2.45) is 5.41 Å². The number of H-pyrrole nitrogens is 1. The van der Waals surface area contributed by atoms with Crippen molar-refractivity contribution in [2.45, 2.75) is 27.7 Å². The maximum absolute atomic E-state index is 12.2. The SMILES string of the molecule is CCOC(=O)c1ccc(-c2ccc(C=c3sc(=CC(=O)C(C)(C)C)[nH]c3=O)o2)cc1. The van der Waals surface area contributed by atoms with Crippen molar-refractivity contribution >= 4 is 35.2 Å². The first kappa shape index (κ1) is 21.5. The Morgan fingerprint density at radius 1 is 1.13 bits per heavy atom. The third kappa shape index (κ3) is 5.04. The number of esters is 1. The van der Waals surface area contributed by atoms with Crippen LogP contribution in [0.2, 0.25) is 0 Å². The summed E-state index contributed by atoms with van der Waals surface area (Å²) in [6, 6.07) is 10.5. The summed E-state index contributed by atoms with van der Waals surface area (Å²) >= 11 is 1.20. The van der Waals surface area contributed by atoms with Gasteiger partial charge in [-0.3, -0.25) is 9.59 Å². The molecule has 2 aromatic heterocycles. The van der Waals surface area contributed by atoms with E-state index in [1.807, 2.05) is 20.8 Å². The number of ether oxygens (including phenoxy) is 1. The zero-order valence-corrected chi connectivity index (χ0v) is 18.1. The topological polar surface area (TPSA) is 89.4 Å². The maximum atomic E-state index is 12.2. The first-order valence-corrected chi connectivity index (χ1v) is 10.3. The van der Waals surface area contributed by atoms with Crippen molar-refractivity contribution in [1.82, 2.24) is 4.98 Å². The van der Waals surface area contributed by atoms with Crippen LogP contribution in [0.15, 0.2) is 45.6 Å². The van der Waals surface area contributed by atoms with Gasteiger partial charge in [0, 0.05) is 23.1 Å². The highest BCUT2D eigenvalue weighted by molar-refractivity contribution is 7.07. The van der Waals surface area contributed by atoms with Crippen molar-refractivity contribution in [2.75, 3.05) is 6.61 Å². The molecule has 0 fully saturated rings. The van der Waals surface area contributed by atoms with Crippen LogP contribution in [-0.4, -0.2) is 23.3 Å². The summed E-state index contributed by atoms with van der Waals surface area (Å²) < 4.78 is 11.8. The van der Waals surface area contributed by atoms with Crippen molar-refractivity contribution in [3.05, 3.63) is 67.3 Å². The molecule has 0 saturated carbocycles. The Labute approximate surface area is 177 Å². The largest absolute Gasteiger partial charge is 0.462 e. The molecule has 0 radical (unpaired) electrons. The van der Waals surface area contributed by atoms with Crippen molar-refractivity contribution < 1.29 is 18.7 Å². The van der Waals surface area contributed by atoms with Gasteiger partial charge in [-0.2, -0.15) is 0 Å². The van der Waals surface area contributed by atoms with Gasteiger partial charge in [-0.15, -0.1) is 11.3 Å². The third-order valence-corrected chi connectivity index (χ3v) is 5.23. The molecule has 7 heteroatoms. The van der Waals surface area contributed by atoms with E-state index in [-0.39, 0.29) is 17.3 Å². The molecule has 0 saturated heterocycles. The number of thiazole rings is 1. The normalized spacial score (nSPS) is 12.9. The average molecular weight is 426 g/mol. The monoisotopic (exact) mass is 425 g/mol. The maximum Gasteiger partial charge on any atom is 0.338 e. The molecule has 1 aromatic carbocycles. The van der Waals surface area contributed by atoms with Gasteiger partial charge < -0.3 is 14.1 Å². The Kier molecular flexibility index (Phi) is 6.22. The fourth-order valence-electron chi connectivity index (χ4n) is 2.56. The zero-order valence-electron chi connectivity index (χ0n) is 17.3. The fourth-order valence-corrected chi connectivity index (χ4v) is 3.43. The highest BCUT2D eigenvalue weighted by Crippen LogP contribution is 2.23.